The van der Waals surface area contributed by atoms with Crippen LogP contribution in [0.15, 0.2) is 22.7 Å². The van der Waals surface area contributed by atoms with Gasteiger partial charge in [-0.15, -0.1) is 0 Å². The number of hydrogen-bond acceptors (Lipinski definition) is 4. The van der Waals surface area contributed by atoms with Gasteiger partial charge in [-0.3, -0.25) is 0 Å². The summed E-state index contributed by atoms with van der Waals surface area (Å²) in [5.74, 6) is 0.676. The second-order valence-electron chi connectivity index (χ2n) is 5.52. The van der Waals surface area contributed by atoms with Crippen LogP contribution in [0.3, 0.4) is 0 Å². The molecule has 1 unspecified atom stereocenters. The van der Waals surface area contributed by atoms with E-state index in [2.05, 4.69) is 37.2 Å². The molecule has 0 spiro atoms. The molecule has 1 aliphatic heterocycles. The third-order valence-corrected chi connectivity index (χ3v) is 4.09. The van der Waals surface area contributed by atoms with Crippen LogP contribution in [-0.4, -0.2) is 18.4 Å². The van der Waals surface area contributed by atoms with Gasteiger partial charge in [0, 0.05) is 12.5 Å². The SMILES string of the molecule is Cc1ccc(-c2c(C3CCCOC3)noc2N)cc1C. The summed E-state index contributed by atoms with van der Waals surface area (Å²) in [5.41, 5.74) is 11.5. The normalized spacial score (nSPS) is 19.2. The molecule has 1 aliphatic rings. The van der Waals surface area contributed by atoms with E-state index in [1.807, 2.05) is 0 Å². The van der Waals surface area contributed by atoms with Crippen LogP contribution in [0.2, 0.25) is 0 Å². The van der Waals surface area contributed by atoms with Gasteiger partial charge in [0.25, 0.3) is 0 Å². The molecular weight excluding hydrogens is 252 g/mol. The highest BCUT2D eigenvalue weighted by Crippen LogP contribution is 2.37. The van der Waals surface area contributed by atoms with E-state index in [1.54, 1.807) is 0 Å². The Morgan fingerprint density at radius 3 is 2.80 bits per heavy atom. The van der Waals surface area contributed by atoms with Crippen molar-refractivity contribution in [3.8, 4) is 11.1 Å². The Morgan fingerprint density at radius 2 is 2.10 bits per heavy atom. The number of rotatable bonds is 2. The first-order valence-electron chi connectivity index (χ1n) is 7.07. The van der Waals surface area contributed by atoms with Crippen molar-refractivity contribution in [2.45, 2.75) is 32.6 Å². The summed E-state index contributed by atoms with van der Waals surface area (Å²) in [6.45, 7) is 5.74. The molecule has 1 fully saturated rings. The predicted octanol–water partition coefficient (Wildman–Crippen LogP) is 3.43. The summed E-state index contributed by atoms with van der Waals surface area (Å²) in [5, 5.41) is 4.19. The summed E-state index contributed by atoms with van der Waals surface area (Å²) in [4.78, 5) is 0. The van der Waals surface area contributed by atoms with Crippen molar-refractivity contribution in [3.05, 3.63) is 35.0 Å². The van der Waals surface area contributed by atoms with Crippen LogP contribution in [0.4, 0.5) is 5.88 Å². The Morgan fingerprint density at radius 1 is 1.25 bits per heavy atom. The van der Waals surface area contributed by atoms with Crippen LogP contribution in [0.5, 0.6) is 0 Å². The van der Waals surface area contributed by atoms with Gasteiger partial charge < -0.3 is 15.0 Å². The van der Waals surface area contributed by atoms with E-state index < -0.39 is 0 Å². The van der Waals surface area contributed by atoms with Crippen LogP contribution in [-0.2, 0) is 4.74 Å². The van der Waals surface area contributed by atoms with Gasteiger partial charge in [-0.05, 0) is 43.4 Å². The highest BCUT2D eigenvalue weighted by Gasteiger charge is 2.25. The van der Waals surface area contributed by atoms with Crippen LogP contribution in [0.1, 0.15) is 35.6 Å². The van der Waals surface area contributed by atoms with Gasteiger partial charge in [0.1, 0.15) is 0 Å². The molecule has 1 aromatic carbocycles. The fourth-order valence-corrected chi connectivity index (χ4v) is 2.74. The number of anilines is 1. The number of nitrogens with two attached hydrogens (primary N) is 1. The third kappa shape index (κ3) is 2.31. The molecule has 2 N–H and O–H groups in total. The number of aromatic nitrogens is 1. The van der Waals surface area contributed by atoms with Gasteiger partial charge in [0.15, 0.2) is 0 Å². The summed E-state index contributed by atoms with van der Waals surface area (Å²) < 4.78 is 10.8. The zero-order valence-electron chi connectivity index (χ0n) is 12.0. The lowest BCUT2D eigenvalue weighted by Crippen LogP contribution is -2.16. The van der Waals surface area contributed by atoms with Gasteiger partial charge in [-0.25, -0.2) is 0 Å². The van der Waals surface area contributed by atoms with Gasteiger partial charge >= 0.3 is 0 Å². The van der Waals surface area contributed by atoms with Crippen molar-refractivity contribution in [2.75, 3.05) is 18.9 Å². The predicted molar refractivity (Wildman–Crippen MR) is 78.6 cm³/mol. The van der Waals surface area contributed by atoms with Crippen molar-refractivity contribution in [1.29, 1.82) is 0 Å². The maximum absolute atomic E-state index is 6.00. The molecule has 4 heteroatoms. The molecule has 2 heterocycles. The average molecular weight is 272 g/mol. The quantitative estimate of drug-likeness (QED) is 0.909. The van der Waals surface area contributed by atoms with Crippen LogP contribution >= 0.6 is 0 Å². The number of ether oxygens (including phenoxy) is 1. The fourth-order valence-electron chi connectivity index (χ4n) is 2.74. The second-order valence-corrected chi connectivity index (χ2v) is 5.52. The maximum Gasteiger partial charge on any atom is 0.230 e. The summed E-state index contributed by atoms with van der Waals surface area (Å²) in [7, 11) is 0. The molecule has 0 radical (unpaired) electrons. The number of nitrogens with zero attached hydrogens (tertiary/aromatic N) is 1. The van der Waals surface area contributed by atoms with Gasteiger partial charge in [-0.2, -0.15) is 0 Å². The minimum atomic E-state index is 0.279. The Kier molecular flexibility index (Phi) is 3.49. The molecule has 1 aromatic heterocycles. The first-order chi connectivity index (χ1) is 9.66. The number of benzene rings is 1. The van der Waals surface area contributed by atoms with E-state index in [0.29, 0.717) is 12.5 Å². The van der Waals surface area contributed by atoms with E-state index in [1.165, 1.54) is 11.1 Å². The van der Waals surface area contributed by atoms with Crippen molar-refractivity contribution in [3.63, 3.8) is 0 Å². The largest absolute Gasteiger partial charge is 0.381 e. The molecule has 1 atom stereocenters. The molecule has 0 aliphatic carbocycles. The summed E-state index contributed by atoms with van der Waals surface area (Å²) in [6, 6.07) is 6.34. The van der Waals surface area contributed by atoms with E-state index in [9.17, 15) is 0 Å². The molecule has 1 saturated heterocycles. The minimum absolute atomic E-state index is 0.279. The van der Waals surface area contributed by atoms with E-state index in [-0.39, 0.29) is 5.92 Å². The van der Waals surface area contributed by atoms with E-state index >= 15 is 0 Å². The highest BCUT2D eigenvalue weighted by atomic mass is 16.5. The van der Waals surface area contributed by atoms with Crippen LogP contribution < -0.4 is 5.73 Å². The lowest BCUT2D eigenvalue weighted by molar-refractivity contribution is 0.0785. The summed E-state index contributed by atoms with van der Waals surface area (Å²) >= 11 is 0. The molecular formula is C16H20N2O2. The molecule has 0 bridgehead atoms. The van der Waals surface area contributed by atoms with Crippen LogP contribution in [0, 0.1) is 13.8 Å². The first kappa shape index (κ1) is 13.2. The first-order valence-corrected chi connectivity index (χ1v) is 7.07. The Labute approximate surface area is 118 Å². The fraction of sp³-hybridized carbons (Fsp3) is 0.438. The Bertz CT molecular complexity index is 613. The molecule has 106 valence electrons. The molecule has 0 amide bonds. The third-order valence-electron chi connectivity index (χ3n) is 4.09. The molecule has 20 heavy (non-hydrogen) atoms. The van der Waals surface area contributed by atoms with Gasteiger partial charge in [0.05, 0.1) is 17.9 Å². The van der Waals surface area contributed by atoms with Gasteiger partial charge in [-0.1, -0.05) is 23.4 Å². The molecule has 0 saturated carbocycles. The van der Waals surface area contributed by atoms with Crippen molar-refractivity contribution < 1.29 is 9.26 Å². The van der Waals surface area contributed by atoms with Crippen molar-refractivity contribution >= 4 is 5.88 Å². The summed E-state index contributed by atoms with van der Waals surface area (Å²) in [6.07, 6.45) is 2.13. The van der Waals surface area contributed by atoms with Crippen molar-refractivity contribution in [1.82, 2.24) is 5.16 Å². The maximum atomic E-state index is 6.00. The minimum Gasteiger partial charge on any atom is -0.381 e. The Balaban J connectivity index is 2.03. The topological polar surface area (TPSA) is 61.3 Å². The lowest BCUT2D eigenvalue weighted by Gasteiger charge is -2.21. The highest BCUT2D eigenvalue weighted by molar-refractivity contribution is 5.76. The molecule has 4 nitrogen and oxygen atoms in total. The zero-order chi connectivity index (χ0) is 14.1. The smallest absolute Gasteiger partial charge is 0.230 e. The number of hydrogen-bond donors (Lipinski definition) is 1. The molecule has 3 rings (SSSR count). The number of nitrogen functional groups attached to an aromatic ring is 1. The molecule has 2 aromatic rings. The standard InChI is InChI=1S/C16H20N2O2/c1-10-5-6-12(8-11(10)2)14-15(18-20-16(14)17)13-4-3-7-19-9-13/h5-6,8,13H,3-4,7,9,17H2,1-2H3. The van der Waals surface area contributed by atoms with Gasteiger partial charge in [0.2, 0.25) is 5.88 Å². The van der Waals surface area contributed by atoms with Crippen LogP contribution in [0.25, 0.3) is 11.1 Å². The monoisotopic (exact) mass is 272 g/mol. The van der Waals surface area contributed by atoms with Crippen molar-refractivity contribution in [2.24, 2.45) is 0 Å². The second kappa shape index (κ2) is 5.29. The number of aryl methyl sites for hydroxylation is 2. The lowest BCUT2D eigenvalue weighted by atomic mass is 9.91. The Hall–Kier alpha value is -1.81. The zero-order valence-corrected chi connectivity index (χ0v) is 12.0. The van der Waals surface area contributed by atoms with E-state index in [0.717, 1.165) is 36.3 Å². The van der Waals surface area contributed by atoms with E-state index in [4.69, 9.17) is 15.0 Å². The average Bonchev–Trinajstić information content (AvgIpc) is 2.85.